The number of benzene rings is 1. The third-order valence-corrected chi connectivity index (χ3v) is 2.92. The summed E-state index contributed by atoms with van der Waals surface area (Å²) in [6.07, 6.45) is -1.27. The number of amides is 3. The maximum atomic E-state index is 12.0. The Morgan fingerprint density at radius 2 is 1.84 bits per heavy atom. The van der Waals surface area contributed by atoms with E-state index in [1.807, 2.05) is 5.32 Å². The number of carbonyl (C=O) groups is 3. The molecule has 0 fully saturated rings. The Balaban J connectivity index is 2.78. The van der Waals surface area contributed by atoms with E-state index in [1.54, 1.807) is 13.8 Å². The normalized spacial score (nSPS) is 11.4. The van der Waals surface area contributed by atoms with Crippen molar-refractivity contribution < 1.29 is 28.8 Å². The lowest BCUT2D eigenvalue weighted by Crippen LogP contribution is -2.46. The van der Waals surface area contributed by atoms with Crippen LogP contribution in [0.3, 0.4) is 0 Å². The van der Waals surface area contributed by atoms with Crippen molar-refractivity contribution in [1.82, 2.24) is 10.6 Å². The minimum atomic E-state index is -1.27. The molecule has 3 amide bonds. The first-order valence-electron chi connectivity index (χ1n) is 7.30. The van der Waals surface area contributed by atoms with Gasteiger partial charge in [0.1, 0.15) is 0 Å². The van der Waals surface area contributed by atoms with Gasteiger partial charge in [-0.25, -0.2) is 9.59 Å². The molecule has 1 aromatic rings. The van der Waals surface area contributed by atoms with Crippen molar-refractivity contribution in [3.05, 3.63) is 33.9 Å². The van der Waals surface area contributed by atoms with Gasteiger partial charge < -0.3 is 14.8 Å². The number of imide groups is 1. The smallest absolute Gasteiger partial charge is 0.339 e. The number of nitro groups is 1. The molecular formula is C15H19N3O7. The van der Waals surface area contributed by atoms with Crippen LogP contribution in [-0.2, 0) is 9.53 Å². The summed E-state index contributed by atoms with van der Waals surface area (Å²) in [5.74, 6) is -1.79. The highest BCUT2D eigenvalue weighted by atomic mass is 16.6. The summed E-state index contributed by atoms with van der Waals surface area (Å²) in [6.45, 7) is 4.70. The number of methoxy groups -OCH3 is 1. The van der Waals surface area contributed by atoms with Crippen molar-refractivity contribution in [3.63, 3.8) is 0 Å². The highest BCUT2D eigenvalue weighted by molar-refractivity contribution is 5.98. The van der Waals surface area contributed by atoms with E-state index in [1.165, 1.54) is 26.2 Å². The molecule has 0 aromatic heterocycles. The van der Waals surface area contributed by atoms with Crippen molar-refractivity contribution in [1.29, 1.82) is 0 Å². The summed E-state index contributed by atoms with van der Waals surface area (Å²) in [4.78, 5) is 45.5. The predicted octanol–water partition coefficient (Wildman–Crippen LogP) is 1.38. The van der Waals surface area contributed by atoms with E-state index in [0.717, 1.165) is 6.07 Å². The van der Waals surface area contributed by atoms with Gasteiger partial charge in [0.2, 0.25) is 0 Å². The number of nitrogens with one attached hydrogen (secondary N) is 2. The van der Waals surface area contributed by atoms with Crippen LogP contribution < -0.4 is 15.4 Å². The number of hydrogen-bond donors (Lipinski definition) is 2. The van der Waals surface area contributed by atoms with E-state index in [9.17, 15) is 24.5 Å². The summed E-state index contributed by atoms with van der Waals surface area (Å²) >= 11 is 0. The van der Waals surface area contributed by atoms with Gasteiger partial charge in [0, 0.05) is 12.1 Å². The molecule has 136 valence electrons. The number of rotatable bonds is 6. The van der Waals surface area contributed by atoms with Crippen LogP contribution in [0.15, 0.2) is 18.2 Å². The first-order chi connectivity index (χ1) is 11.6. The van der Waals surface area contributed by atoms with E-state index in [-0.39, 0.29) is 17.4 Å². The average Bonchev–Trinajstić information content (AvgIpc) is 2.52. The molecule has 0 aliphatic carbocycles. The van der Waals surface area contributed by atoms with E-state index < -0.39 is 34.6 Å². The zero-order chi connectivity index (χ0) is 19.1. The maximum Gasteiger partial charge on any atom is 0.339 e. The van der Waals surface area contributed by atoms with Crippen LogP contribution in [0.2, 0.25) is 0 Å². The molecule has 1 atom stereocenters. The van der Waals surface area contributed by atoms with E-state index in [4.69, 9.17) is 9.47 Å². The maximum absolute atomic E-state index is 12.0. The van der Waals surface area contributed by atoms with Crippen LogP contribution in [0.1, 0.15) is 31.1 Å². The van der Waals surface area contributed by atoms with Crippen LogP contribution in [0.25, 0.3) is 0 Å². The number of ether oxygens (including phenoxy) is 2. The molecule has 1 rings (SSSR count). The molecule has 10 nitrogen and oxygen atoms in total. The second kappa shape index (κ2) is 8.62. The summed E-state index contributed by atoms with van der Waals surface area (Å²) in [5, 5.41) is 15.4. The minimum absolute atomic E-state index is 0.0160. The zero-order valence-corrected chi connectivity index (χ0v) is 14.2. The Kier molecular flexibility index (Phi) is 6.85. The lowest BCUT2D eigenvalue weighted by atomic mass is 10.2. The first-order valence-corrected chi connectivity index (χ1v) is 7.30. The van der Waals surface area contributed by atoms with Gasteiger partial charge in [-0.15, -0.1) is 0 Å². The number of urea groups is 1. The molecule has 0 radical (unpaired) electrons. The Morgan fingerprint density at radius 1 is 1.20 bits per heavy atom. The highest BCUT2D eigenvalue weighted by Crippen LogP contribution is 2.27. The van der Waals surface area contributed by atoms with Crippen molar-refractivity contribution in [2.24, 2.45) is 0 Å². The van der Waals surface area contributed by atoms with Crippen LogP contribution in [0, 0.1) is 10.1 Å². The molecule has 0 saturated carbocycles. The molecule has 0 aliphatic heterocycles. The van der Waals surface area contributed by atoms with Crippen LogP contribution in [0.5, 0.6) is 5.75 Å². The number of nitrogens with zero attached hydrogens (tertiary/aromatic N) is 1. The summed E-state index contributed by atoms with van der Waals surface area (Å²) in [5.41, 5.74) is -0.538. The molecule has 0 aliphatic rings. The van der Waals surface area contributed by atoms with E-state index in [2.05, 4.69) is 5.32 Å². The fourth-order valence-corrected chi connectivity index (χ4v) is 1.75. The van der Waals surface area contributed by atoms with Crippen LogP contribution >= 0.6 is 0 Å². The second-order valence-electron chi connectivity index (χ2n) is 5.31. The van der Waals surface area contributed by atoms with Gasteiger partial charge in [-0.1, -0.05) is 0 Å². The molecule has 10 heteroatoms. The lowest BCUT2D eigenvalue weighted by Gasteiger charge is -2.14. The fourth-order valence-electron chi connectivity index (χ4n) is 1.75. The molecular weight excluding hydrogens is 334 g/mol. The van der Waals surface area contributed by atoms with Crippen LogP contribution in [-0.4, -0.2) is 42.1 Å². The van der Waals surface area contributed by atoms with Gasteiger partial charge >= 0.3 is 17.7 Å². The van der Waals surface area contributed by atoms with Crippen LogP contribution in [0.4, 0.5) is 10.5 Å². The predicted molar refractivity (Wildman–Crippen MR) is 86.3 cm³/mol. The van der Waals surface area contributed by atoms with Crippen molar-refractivity contribution >= 4 is 23.6 Å². The molecule has 2 N–H and O–H groups in total. The number of nitro benzene ring substituents is 1. The SMILES string of the molecule is COc1ccc(C(=O)OC(C)C(=O)NC(=O)NC(C)C)cc1[N+](=O)[O-]. The molecule has 1 unspecified atom stereocenters. The molecule has 0 bridgehead atoms. The molecule has 25 heavy (non-hydrogen) atoms. The number of hydrogen-bond acceptors (Lipinski definition) is 7. The zero-order valence-electron chi connectivity index (χ0n) is 14.2. The molecule has 0 heterocycles. The third kappa shape index (κ3) is 5.75. The van der Waals surface area contributed by atoms with Gasteiger partial charge in [0.05, 0.1) is 17.6 Å². The van der Waals surface area contributed by atoms with Gasteiger partial charge in [-0.2, -0.15) is 0 Å². The molecule has 0 saturated heterocycles. The largest absolute Gasteiger partial charge is 0.490 e. The highest BCUT2D eigenvalue weighted by Gasteiger charge is 2.23. The Hall–Kier alpha value is -3.17. The standard InChI is InChI=1S/C15H19N3O7/c1-8(2)16-15(21)17-13(19)9(3)25-14(20)10-5-6-12(24-4)11(7-10)18(22)23/h5-9H,1-4H3,(H2,16,17,19,21). The van der Waals surface area contributed by atoms with Gasteiger partial charge in [-0.05, 0) is 32.9 Å². The number of carbonyl (C=O) groups excluding carboxylic acids is 3. The Bertz CT molecular complexity index is 688. The van der Waals surface area contributed by atoms with Crippen molar-refractivity contribution in [2.45, 2.75) is 32.9 Å². The molecule has 1 aromatic carbocycles. The van der Waals surface area contributed by atoms with E-state index in [0.29, 0.717) is 0 Å². The minimum Gasteiger partial charge on any atom is -0.490 e. The average molecular weight is 353 g/mol. The summed E-state index contributed by atoms with van der Waals surface area (Å²) in [7, 11) is 1.26. The van der Waals surface area contributed by atoms with Crippen molar-refractivity contribution in [2.75, 3.05) is 7.11 Å². The topological polar surface area (TPSA) is 137 Å². The van der Waals surface area contributed by atoms with Gasteiger partial charge in [-0.3, -0.25) is 20.2 Å². The lowest BCUT2D eigenvalue weighted by molar-refractivity contribution is -0.385. The van der Waals surface area contributed by atoms with Gasteiger partial charge in [0.15, 0.2) is 11.9 Å². The monoisotopic (exact) mass is 353 g/mol. The summed E-state index contributed by atoms with van der Waals surface area (Å²) in [6, 6.07) is 2.60. The first kappa shape index (κ1) is 19.9. The second-order valence-corrected chi connectivity index (χ2v) is 5.31. The van der Waals surface area contributed by atoms with Gasteiger partial charge in [0.25, 0.3) is 5.91 Å². The number of esters is 1. The Morgan fingerprint density at radius 3 is 2.36 bits per heavy atom. The van der Waals surface area contributed by atoms with E-state index >= 15 is 0 Å². The fraction of sp³-hybridized carbons (Fsp3) is 0.400. The van der Waals surface area contributed by atoms with Crippen molar-refractivity contribution in [3.8, 4) is 5.75 Å². The Labute approximate surface area is 143 Å². The quantitative estimate of drug-likeness (QED) is 0.448. The summed E-state index contributed by atoms with van der Waals surface area (Å²) < 4.78 is 9.75. The third-order valence-electron chi connectivity index (χ3n) is 2.92. The molecule has 0 spiro atoms.